The van der Waals surface area contributed by atoms with Crippen LogP contribution in [0.15, 0.2) is 106 Å². The van der Waals surface area contributed by atoms with Crippen molar-refractivity contribution in [2.24, 2.45) is 0 Å². The van der Waals surface area contributed by atoms with E-state index in [-0.39, 0.29) is 10.9 Å². The Balaban J connectivity index is 0.000000204. The predicted molar refractivity (Wildman–Crippen MR) is 118 cm³/mol. The van der Waals surface area contributed by atoms with Gasteiger partial charge < -0.3 is 4.55 Å². The fourth-order valence-electron chi connectivity index (χ4n) is 3.43. The summed E-state index contributed by atoms with van der Waals surface area (Å²) in [7, 11) is -3.99. The van der Waals surface area contributed by atoms with E-state index in [2.05, 4.69) is 91.0 Å². The van der Waals surface area contributed by atoms with E-state index in [1.165, 1.54) is 14.7 Å². The van der Waals surface area contributed by atoms with Crippen molar-refractivity contribution in [1.82, 2.24) is 0 Å². The lowest BCUT2D eigenvalue weighted by Crippen LogP contribution is -2.23. The van der Waals surface area contributed by atoms with Gasteiger partial charge in [-0.05, 0) is 49.2 Å². The van der Waals surface area contributed by atoms with E-state index in [0.717, 1.165) is 19.3 Å². The summed E-state index contributed by atoms with van der Waals surface area (Å²) in [5.74, 6) is 0. The van der Waals surface area contributed by atoms with Gasteiger partial charge in [-0.3, -0.25) is 0 Å². The van der Waals surface area contributed by atoms with E-state index in [1.807, 2.05) is 0 Å². The largest absolute Gasteiger partial charge is 0.748 e. The first-order chi connectivity index (χ1) is 14.1. The molecule has 3 nitrogen and oxygen atoms in total. The molecule has 3 aromatic carbocycles. The molecule has 0 radical (unpaired) electrons. The fraction of sp³-hybridized carbons (Fsp3) is 0.250. The van der Waals surface area contributed by atoms with Gasteiger partial charge in [0.25, 0.3) is 0 Å². The maximum atomic E-state index is 10.4. The summed E-state index contributed by atoms with van der Waals surface area (Å²) < 4.78 is 31.3. The van der Waals surface area contributed by atoms with Gasteiger partial charge in [0.2, 0.25) is 0 Å². The Bertz CT molecular complexity index is 859. The molecule has 0 amide bonds. The van der Waals surface area contributed by atoms with Crippen molar-refractivity contribution in [3.05, 3.63) is 91.0 Å². The van der Waals surface area contributed by atoms with Gasteiger partial charge in [-0.15, -0.1) is 0 Å². The highest BCUT2D eigenvalue weighted by atomic mass is 32.2. The summed E-state index contributed by atoms with van der Waals surface area (Å²) in [4.78, 5) is 4.08. The third-order valence-corrected chi connectivity index (χ3v) is 8.42. The van der Waals surface area contributed by atoms with E-state index in [4.69, 9.17) is 0 Å². The summed E-state index contributed by atoms with van der Waals surface area (Å²) in [5.41, 5.74) is 0. The van der Waals surface area contributed by atoms with E-state index in [9.17, 15) is 13.0 Å². The Hall–Kier alpha value is -2.08. The second-order valence-corrected chi connectivity index (χ2v) is 10.7. The Kier molecular flexibility index (Phi) is 7.92. The van der Waals surface area contributed by atoms with Crippen molar-refractivity contribution in [1.29, 1.82) is 0 Å². The van der Waals surface area contributed by atoms with Crippen LogP contribution in [0.3, 0.4) is 0 Å². The summed E-state index contributed by atoms with van der Waals surface area (Å²) in [5, 5.41) is -0.582. The zero-order chi connectivity index (χ0) is 20.5. The number of hydrogen-bond donors (Lipinski definition) is 0. The van der Waals surface area contributed by atoms with Crippen molar-refractivity contribution in [3.63, 3.8) is 0 Å². The molecule has 0 unspecified atom stereocenters. The quantitative estimate of drug-likeness (QED) is 0.400. The van der Waals surface area contributed by atoms with Crippen LogP contribution in [0, 0.1) is 0 Å². The van der Waals surface area contributed by atoms with Crippen LogP contribution in [0.5, 0.6) is 0 Å². The molecule has 0 aliphatic heterocycles. The number of benzene rings is 3. The molecular formula is C24H26O3S2. The van der Waals surface area contributed by atoms with Gasteiger partial charge in [0.15, 0.2) is 14.7 Å². The van der Waals surface area contributed by atoms with Crippen molar-refractivity contribution in [2.45, 2.75) is 52.0 Å². The van der Waals surface area contributed by atoms with Crippen molar-refractivity contribution >= 4 is 21.0 Å². The van der Waals surface area contributed by atoms with E-state index >= 15 is 0 Å². The van der Waals surface area contributed by atoms with E-state index < -0.39 is 15.4 Å². The lowest BCUT2D eigenvalue weighted by Gasteiger charge is -2.23. The Morgan fingerprint density at radius 1 is 0.621 bits per heavy atom. The maximum absolute atomic E-state index is 10.4. The summed E-state index contributed by atoms with van der Waals surface area (Å²) in [6.45, 7) is 0. The Morgan fingerprint density at radius 3 is 1.24 bits per heavy atom. The summed E-state index contributed by atoms with van der Waals surface area (Å²) in [6, 6.07) is 32.2. The smallest absolute Gasteiger partial charge is 0.166 e. The second kappa shape index (κ2) is 10.6. The molecule has 29 heavy (non-hydrogen) atoms. The van der Waals surface area contributed by atoms with E-state index in [0.29, 0.717) is 12.8 Å². The molecule has 1 aliphatic rings. The molecule has 0 bridgehead atoms. The summed E-state index contributed by atoms with van der Waals surface area (Å²) >= 11 is 0. The van der Waals surface area contributed by atoms with Crippen LogP contribution in [0.1, 0.15) is 32.1 Å². The summed E-state index contributed by atoms with van der Waals surface area (Å²) in [6.07, 6.45) is 4.02. The maximum Gasteiger partial charge on any atom is 0.166 e. The fourth-order valence-corrected chi connectivity index (χ4v) is 6.45. The van der Waals surface area contributed by atoms with E-state index in [1.54, 1.807) is 0 Å². The van der Waals surface area contributed by atoms with Crippen molar-refractivity contribution in [2.75, 3.05) is 0 Å². The minimum Gasteiger partial charge on any atom is -0.748 e. The Labute approximate surface area is 176 Å². The molecule has 0 atom stereocenters. The third kappa shape index (κ3) is 6.46. The van der Waals surface area contributed by atoms with Crippen molar-refractivity contribution in [3.8, 4) is 0 Å². The molecule has 0 heterocycles. The standard InChI is InChI=1S/C18H15S.C6H12O3S/c1-4-10-16(11-5-1)19(17-12-6-2-7-13-17)18-14-8-3-9-15-18;7-10(8,9)6-4-2-1-3-5-6/h1-15H;6H,1-5H2,(H,7,8,9)/q+1;/p-1. The number of hydrogen-bond acceptors (Lipinski definition) is 3. The lowest BCUT2D eigenvalue weighted by atomic mass is 10.0. The zero-order valence-corrected chi connectivity index (χ0v) is 17.9. The molecule has 0 aromatic heterocycles. The van der Waals surface area contributed by atoms with Crippen LogP contribution in [0.2, 0.25) is 0 Å². The minimum atomic E-state index is -3.98. The zero-order valence-electron chi connectivity index (χ0n) is 16.3. The molecule has 5 heteroatoms. The molecule has 0 saturated heterocycles. The molecule has 1 saturated carbocycles. The Morgan fingerprint density at radius 2 is 0.966 bits per heavy atom. The van der Waals surface area contributed by atoms with Crippen LogP contribution in [0.4, 0.5) is 0 Å². The first-order valence-electron chi connectivity index (χ1n) is 9.90. The monoisotopic (exact) mass is 426 g/mol. The van der Waals surface area contributed by atoms with Crippen LogP contribution in [-0.2, 0) is 21.0 Å². The highest BCUT2D eigenvalue weighted by Gasteiger charge is 2.27. The molecule has 1 fully saturated rings. The molecule has 0 spiro atoms. The highest BCUT2D eigenvalue weighted by molar-refractivity contribution is 7.97. The first kappa shape index (κ1) is 21.6. The molecular weight excluding hydrogens is 400 g/mol. The van der Waals surface area contributed by atoms with Gasteiger partial charge >= 0.3 is 0 Å². The predicted octanol–water partition coefficient (Wildman–Crippen LogP) is 5.65. The lowest BCUT2D eigenvalue weighted by molar-refractivity contribution is 0.413. The molecule has 1 aliphatic carbocycles. The average molecular weight is 427 g/mol. The SMILES string of the molecule is O=S(=O)([O-])C1CCCCC1.c1ccc([S+](c2ccccc2)c2ccccc2)cc1. The van der Waals surface area contributed by atoms with Crippen LogP contribution < -0.4 is 0 Å². The topological polar surface area (TPSA) is 57.2 Å². The molecule has 152 valence electrons. The highest BCUT2D eigenvalue weighted by Crippen LogP contribution is 2.30. The van der Waals surface area contributed by atoms with Crippen molar-refractivity contribution < 1.29 is 13.0 Å². The number of rotatable bonds is 4. The molecule has 0 N–H and O–H groups in total. The van der Waals surface area contributed by atoms with Crippen LogP contribution >= 0.6 is 0 Å². The first-order valence-corrected chi connectivity index (χ1v) is 12.6. The normalized spacial score (nSPS) is 14.8. The van der Waals surface area contributed by atoms with Crippen LogP contribution in [-0.4, -0.2) is 18.2 Å². The van der Waals surface area contributed by atoms with Crippen LogP contribution in [0.25, 0.3) is 0 Å². The van der Waals surface area contributed by atoms with Gasteiger partial charge in [-0.1, -0.05) is 73.9 Å². The third-order valence-electron chi connectivity index (χ3n) is 4.90. The van der Waals surface area contributed by atoms with Gasteiger partial charge in [0.1, 0.15) is 0 Å². The minimum absolute atomic E-state index is 0.0146. The van der Waals surface area contributed by atoms with Gasteiger partial charge in [0.05, 0.1) is 21.0 Å². The van der Waals surface area contributed by atoms with Gasteiger partial charge in [-0.2, -0.15) is 0 Å². The molecule has 3 aromatic rings. The van der Waals surface area contributed by atoms with Gasteiger partial charge in [0, 0.05) is 5.25 Å². The second-order valence-electron chi connectivity index (χ2n) is 7.00. The molecule has 4 rings (SSSR count). The van der Waals surface area contributed by atoms with Gasteiger partial charge in [-0.25, -0.2) is 8.42 Å². The average Bonchev–Trinajstić information content (AvgIpc) is 2.77.